The van der Waals surface area contributed by atoms with E-state index in [9.17, 15) is 18.8 Å². The van der Waals surface area contributed by atoms with E-state index < -0.39 is 29.6 Å². The van der Waals surface area contributed by atoms with Crippen LogP contribution in [0.5, 0.6) is 0 Å². The highest BCUT2D eigenvalue weighted by Gasteiger charge is 2.22. The van der Waals surface area contributed by atoms with Crippen molar-refractivity contribution in [2.75, 3.05) is 6.61 Å². The van der Waals surface area contributed by atoms with Gasteiger partial charge in [0.15, 0.2) is 0 Å². The molecule has 0 spiro atoms. The number of nitrogens with two attached hydrogens (primary N) is 1. The van der Waals surface area contributed by atoms with E-state index in [1.807, 2.05) is 0 Å². The van der Waals surface area contributed by atoms with Crippen LogP contribution in [0.25, 0.3) is 0 Å². The van der Waals surface area contributed by atoms with Crippen molar-refractivity contribution in [1.82, 2.24) is 5.32 Å². The number of esters is 1. The fourth-order valence-electron chi connectivity index (χ4n) is 1.45. The highest BCUT2D eigenvalue weighted by atomic mass is 19.1. The van der Waals surface area contributed by atoms with Crippen molar-refractivity contribution in [3.8, 4) is 0 Å². The molecule has 0 bridgehead atoms. The molecule has 6 nitrogen and oxygen atoms in total. The zero-order valence-electron chi connectivity index (χ0n) is 10.9. The molecular formula is C13H15FN2O4. The maximum absolute atomic E-state index is 12.7. The molecule has 0 aliphatic heterocycles. The second-order valence-electron chi connectivity index (χ2n) is 3.94. The first-order valence-electron chi connectivity index (χ1n) is 5.95. The van der Waals surface area contributed by atoms with E-state index in [4.69, 9.17) is 5.73 Å². The molecule has 0 unspecified atom stereocenters. The van der Waals surface area contributed by atoms with Crippen LogP contribution in [0.15, 0.2) is 24.3 Å². The summed E-state index contributed by atoms with van der Waals surface area (Å²) in [5.74, 6) is -2.61. The van der Waals surface area contributed by atoms with Gasteiger partial charge in [-0.1, -0.05) is 0 Å². The second kappa shape index (κ2) is 7.22. The van der Waals surface area contributed by atoms with E-state index in [0.717, 1.165) is 12.1 Å². The van der Waals surface area contributed by atoms with E-state index >= 15 is 0 Å². The van der Waals surface area contributed by atoms with Crippen LogP contribution in [-0.2, 0) is 14.3 Å². The van der Waals surface area contributed by atoms with Crippen LogP contribution in [0.1, 0.15) is 23.7 Å². The monoisotopic (exact) mass is 282 g/mol. The first-order chi connectivity index (χ1) is 9.43. The Balaban J connectivity index is 2.70. The Bertz CT molecular complexity index is 502. The first-order valence-corrected chi connectivity index (χ1v) is 5.95. The molecule has 0 fully saturated rings. The number of primary amides is 1. The van der Waals surface area contributed by atoms with Gasteiger partial charge in [0.2, 0.25) is 5.91 Å². The molecule has 2 amide bonds. The van der Waals surface area contributed by atoms with Crippen molar-refractivity contribution < 1.29 is 23.5 Å². The number of halogens is 1. The molecule has 3 N–H and O–H groups in total. The molecule has 0 aromatic heterocycles. The molecule has 7 heteroatoms. The largest absolute Gasteiger partial charge is 0.466 e. The Morgan fingerprint density at radius 1 is 1.30 bits per heavy atom. The molecule has 0 radical (unpaired) electrons. The van der Waals surface area contributed by atoms with Gasteiger partial charge in [-0.05, 0) is 31.2 Å². The number of nitrogens with one attached hydrogen (secondary N) is 1. The average Bonchev–Trinajstić information content (AvgIpc) is 2.38. The molecule has 1 atom stereocenters. The number of hydrogen-bond acceptors (Lipinski definition) is 4. The third-order valence-corrected chi connectivity index (χ3v) is 2.43. The molecule has 0 saturated heterocycles. The lowest BCUT2D eigenvalue weighted by Gasteiger charge is -2.14. The molecule has 20 heavy (non-hydrogen) atoms. The lowest BCUT2D eigenvalue weighted by molar-refractivity contribution is -0.145. The van der Waals surface area contributed by atoms with Gasteiger partial charge < -0.3 is 15.8 Å². The smallest absolute Gasteiger partial charge is 0.308 e. The quantitative estimate of drug-likeness (QED) is 0.736. The van der Waals surface area contributed by atoms with Crippen molar-refractivity contribution >= 4 is 17.8 Å². The Morgan fingerprint density at radius 3 is 2.40 bits per heavy atom. The minimum Gasteiger partial charge on any atom is -0.466 e. The topological polar surface area (TPSA) is 98.5 Å². The number of amides is 2. The molecular weight excluding hydrogens is 267 g/mol. The van der Waals surface area contributed by atoms with Gasteiger partial charge in [0.1, 0.15) is 11.9 Å². The van der Waals surface area contributed by atoms with E-state index in [-0.39, 0.29) is 18.6 Å². The normalized spacial score (nSPS) is 11.5. The summed E-state index contributed by atoms with van der Waals surface area (Å²) in [4.78, 5) is 34.3. The lowest BCUT2D eigenvalue weighted by Crippen LogP contribution is -2.45. The number of ether oxygens (including phenoxy) is 1. The summed E-state index contributed by atoms with van der Waals surface area (Å²) in [6, 6.07) is 3.56. The summed E-state index contributed by atoms with van der Waals surface area (Å²) in [6.45, 7) is 1.78. The molecule has 0 aliphatic carbocycles. The zero-order valence-corrected chi connectivity index (χ0v) is 10.9. The first kappa shape index (κ1) is 15.6. The minimum atomic E-state index is -1.17. The summed E-state index contributed by atoms with van der Waals surface area (Å²) in [5.41, 5.74) is 5.26. The lowest BCUT2D eigenvalue weighted by atomic mass is 10.1. The summed E-state index contributed by atoms with van der Waals surface area (Å²) in [5, 5.41) is 2.30. The Labute approximate surface area is 115 Å². The summed E-state index contributed by atoms with van der Waals surface area (Å²) in [7, 11) is 0. The summed E-state index contributed by atoms with van der Waals surface area (Å²) >= 11 is 0. The van der Waals surface area contributed by atoms with Gasteiger partial charge in [-0.25, -0.2) is 4.39 Å². The predicted molar refractivity (Wildman–Crippen MR) is 68.1 cm³/mol. The van der Waals surface area contributed by atoms with E-state index in [0.29, 0.717) is 0 Å². The van der Waals surface area contributed by atoms with Crippen LogP contribution in [0.3, 0.4) is 0 Å². The summed E-state index contributed by atoms with van der Waals surface area (Å²) in [6.07, 6.45) is -0.351. The van der Waals surface area contributed by atoms with Crippen molar-refractivity contribution in [3.05, 3.63) is 35.6 Å². The van der Waals surface area contributed by atoms with Crippen molar-refractivity contribution in [1.29, 1.82) is 0 Å². The molecule has 0 heterocycles. The fraction of sp³-hybridized carbons (Fsp3) is 0.308. The zero-order chi connectivity index (χ0) is 15.1. The maximum Gasteiger partial charge on any atom is 0.308 e. The van der Waals surface area contributed by atoms with E-state index in [1.165, 1.54) is 12.1 Å². The number of hydrogen-bond donors (Lipinski definition) is 2. The van der Waals surface area contributed by atoms with Gasteiger partial charge in [-0.3, -0.25) is 14.4 Å². The molecule has 0 saturated carbocycles. The third-order valence-electron chi connectivity index (χ3n) is 2.43. The van der Waals surface area contributed by atoms with Gasteiger partial charge in [0, 0.05) is 5.56 Å². The summed E-state index contributed by atoms with van der Waals surface area (Å²) < 4.78 is 17.4. The van der Waals surface area contributed by atoms with E-state index in [1.54, 1.807) is 6.92 Å². The Kier molecular flexibility index (Phi) is 5.64. The second-order valence-corrected chi connectivity index (χ2v) is 3.94. The number of benzene rings is 1. The van der Waals surface area contributed by atoms with Gasteiger partial charge >= 0.3 is 5.97 Å². The fourth-order valence-corrected chi connectivity index (χ4v) is 1.45. The Hall–Kier alpha value is -2.44. The number of carbonyl (C=O) groups is 3. The number of carbonyl (C=O) groups excluding carboxylic acids is 3. The molecule has 108 valence electrons. The third kappa shape index (κ3) is 4.68. The molecule has 0 aliphatic rings. The molecule has 1 aromatic carbocycles. The number of rotatable bonds is 6. The average molecular weight is 282 g/mol. The van der Waals surface area contributed by atoms with E-state index in [2.05, 4.69) is 10.1 Å². The predicted octanol–water partition coefficient (Wildman–Crippen LogP) is 0.363. The van der Waals surface area contributed by atoms with Crippen LogP contribution in [0.4, 0.5) is 4.39 Å². The highest BCUT2D eigenvalue weighted by molar-refractivity contribution is 5.98. The highest BCUT2D eigenvalue weighted by Crippen LogP contribution is 2.04. The SMILES string of the molecule is CCOC(=O)C[C@@H](NC(=O)c1ccc(F)cc1)C(N)=O. The van der Waals surface area contributed by atoms with Crippen LogP contribution >= 0.6 is 0 Å². The van der Waals surface area contributed by atoms with Gasteiger partial charge in [0.25, 0.3) is 5.91 Å². The molecule has 1 aromatic rings. The standard InChI is InChI=1S/C13H15FN2O4/c1-2-20-11(17)7-10(12(15)18)16-13(19)8-3-5-9(14)6-4-8/h3-6,10H,2,7H2,1H3,(H2,15,18)(H,16,19)/t10-/m1/s1. The van der Waals surface area contributed by atoms with Crippen molar-refractivity contribution in [2.24, 2.45) is 5.73 Å². The Morgan fingerprint density at radius 2 is 1.90 bits per heavy atom. The van der Waals surface area contributed by atoms with Crippen molar-refractivity contribution in [2.45, 2.75) is 19.4 Å². The van der Waals surface area contributed by atoms with Gasteiger partial charge in [0.05, 0.1) is 13.0 Å². The van der Waals surface area contributed by atoms with Crippen LogP contribution < -0.4 is 11.1 Å². The van der Waals surface area contributed by atoms with Crippen LogP contribution in [0.2, 0.25) is 0 Å². The van der Waals surface area contributed by atoms with Crippen LogP contribution in [0, 0.1) is 5.82 Å². The van der Waals surface area contributed by atoms with Crippen LogP contribution in [-0.4, -0.2) is 30.4 Å². The molecule has 1 rings (SSSR count). The van der Waals surface area contributed by atoms with Crippen molar-refractivity contribution in [3.63, 3.8) is 0 Å². The minimum absolute atomic E-state index is 0.154. The van der Waals surface area contributed by atoms with Gasteiger partial charge in [-0.15, -0.1) is 0 Å². The maximum atomic E-state index is 12.7. The van der Waals surface area contributed by atoms with Gasteiger partial charge in [-0.2, -0.15) is 0 Å².